The number of carbonyl (C=O) groups excluding carboxylic acids is 7. The van der Waals surface area contributed by atoms with Crippen molar-refractivity contribution in [3.8, 4) is 34.5 Å². The van der Waals surface area contributed by atoms with Gasteiger partial charge in [0, 0.05) is 91.0 Å². The molecule has 4 unspecified atom stereocenters. The summed E-state index contributed by atoms with van der Waals surface area (Å²) in [6, 6.07) is 60.6. The van der Waals surface area contributed by atoms with Crippen molar-refractivity contribution in [3.05, 3.63) is 425 Å². The Labute approximate surface area is 835 Å². The lowest BCUT2D eigenvalue weighted by molar-refractivity contribution is -0.120. The van der Waals surface area contributed by atoms with Crippen molar-refractivity contribution >= 4 is 132 Å². The number of halogens is 16. The van der Waals surface area contributed by atoms with Crippen LogP contribution in [0.2, 0.25) is 10.0 Å². The Morgan fingerprint density at radius 2 is 0.694 bits per heavy atom. The zero-order valence-electron chi connectivity index (χ0n) is 74.0. The minimum absolute atomic E-state index is 0.0361. The van der Waals surface area contributed by atoms with E-state index in [9.17, 15) is 95.0 Å². The van der Waals surface area contributed by atoms with Gasteiger partial charge in [-0.25, -0.2) is 77.5 Å². The van der Waals surface area contributed by atoms with Crippen LogP contribution >= 0.6 is 70.2 Å². The molecule has 738 valence electrons. The number of carbonyl (C=O) groups is 7. The molecule has 17 rings (SSSR count). The number of hydrogen-bond donors (Lipinski definition) is 2. The van der Waals surface area contributed by atoms with E-state index in [0.29, 0.717) is 107 Å². The van der Waals surface area contributed by atoms with E-state index in [4.69, 9.17) is 63.1 Å². The Hall–Kier alpha value is -15.4. The number of benzene rings is 13. The van der Waals surface area contributed by atoms with Gasteiger partial charge < -0.3 is 44.6 Å². The maximum atomic E-state index is 14.7. The largest absolute Gasteiger partial charge is 0.493 e. The number of amides is 6. The summed E-state index contributed by atoms with van der Waals surface area (Å²) in [6.45, 7) is -3.95. The highest BCUT2D eigenvalue weighted by Crippen LogP contribution is 2.53. The summed E-state index contributed by atoms with van der Waals surface area (Å²) in [7, 11) is 4.02. The number of thioether (sulfide) groups is 4. The maximum absolute atomic E-state index is 14.7. The number of nitrogens with zero attached hydrogens (tertiary/aromatic N) is 8. The molecule has 144 heavy (non-hydrogen) atoms. The predicted octanol–water partition coefficient (Wildman–Crippen LogP) is 22.4. The molecular weight excluding hydrogens is 2030 g/mol. The van der Waals surface area contributed by atoms with Crippen molar-refractivity contribution in [2.75, 3.05) is 34.5 Å². The van der Waals surface area contributed by atoms with Gasteiger partial charge in [-0.05, 0) is 127 Å². The van der Waals surface area contributed by atoms with Crippen LogP contribution < -0.4 is 39.9 Å². The molecule has 24 nitrogen and oxygen atoms in total. The number of nitrogens with two attached hydrogens (primary N) is 2. The second-order valence-electron chi connectivity index (χ2n) is 30.0. The van der Waals surface area contributed by atoms with Gasteiger partial charge in [0.2, 0.25) is 0 Å². The second kappa shape index (κ2) is 47.0. The van der Waals surface area contributed by atoms with E-state index >= 15 is 0 Å². The fourth-order valence-electron chi connectivity index (χ4n) is 14.1. The van der Waals surface area contributed by atoms with Crippen LogP contribution in [0.4, 0.5) is 61.5 Å². The molecule has 0 fully saturated rings. The Bertz CT molecular complexity index is 7160. The van der Waals surface area contributed by atoms with Gasteiger partial charge in [0.05, 0.1) is 32.5 Å². The molecule has 6 amide bonds. The number of ether oxygens (including phenoxy) is 7. The first-order valence-electron chi connectivity index (χ1n) is 41.7. The third kappa shape index (κ3) is 24.7. The lowest BCUT2D eigenvalue weighted by Gasteiger charge is -2.24. The summed E-state index contributed by atoms with van der Waals surface area (Å²) in [5, 5.41) is 19.4. The summed E-state index contributed by atoms with van der Waals surface area (Å²) in [5.74, 6) is -18.9. The van der Waals surface area contributed by atoms with Crippen LogP contribution in [-0.4, -0.2) is 123 Å². The van der Waals surface area contributed by atoms with Gasteiger partial charge in [-0.3, -0.25) is 28.8 Å². The molecule has 44 heteroatoms. The molecule has 4 aliphatic rings. The molecule has 13 aromatic carbocycles. The smallest absolute Gasteiger partial charge is 0.387 e. The Balaban J connectivity index is 0.000000153. The molecule has 0 saturated carbocycles. The minimum Gasteiger partial charge on any atom is -0.493 e. The predicted molar refractivity (Wildman–Crippen MR) is 510 cm³/mol. The summed E-state index contributed by atoms with van der Waals surface area (Å²) >= 11 is 16.2. The topological polar surface area (TPSA) is 299 Å². The average Bonchev–Trinajstić information content (AvgIpc) is 1.61. The Kier molecular flexibility index (Phi) is 34.1. The van der Waals surface area contributed by atoms with Gasteiger partial charge in [0.15, 0.2) is 36.2 Å². The summed E-state index contributed by atoms with van der Waals surface area (Å²) < 4.78 is 232. The van der Waals surface area contributed by atoms with Gasteiger partial charge in [-0.2, -0.15) is 29.2 Å². The Morgan fingerprint density at radius 1 is 0.347 bits per heavy atom. The molecular formula is C100H68Cl2F14N10O14S4. The average molecular weight is 2100 g/mol. The monoisotopic (exact) mass is 2100 g/mol. The molecule has 4 aliphatic heterocycles. The van der Waals surface area contributed by atoms with Gasteiger partial charge >= 0.3 is 12.6 Å². The number of hydrazone groups is 4. The first kappa shape index (κ1) is 104. The van der Waals surface area contributed by atoms with Crippen LogP contribution in [0.25, 0.3) is 0 Å². The van der Waals surface area contributed by atoms with Crippen molar-refractivity contribution in [3.63, 3.8) is 0 Å². The number of methoxy groups -OCH3 is 3. The summed E-state index contributed by atoms with van der Waals surface area (Å²) in [4.78, 5) is 87.8. The molecule has 0 aliphatic carbocycles. The van der Waals surface area contributed by atoms with Crippen LogP contribution in [0.1, 0.15) is 123 Å². The first-order valence-corrected chi connectivity index (χ1v) is 46.0. The number of esters is 1. The quantitative estimate of drug-likeness (QED) is 0.0376. The number of primary amides is 2. The van der Waals surface area contributed by atoms with Gasteiger partial charge in [0.25, 0.3) is 35.4 Å². The molecule has 0 spiro atoms. The van der Waals surface area contributed by atoms with E-state index in [-0.39, 0.29) is 62.3 Å². The second-order valence-corrected chi connectivity index (χ2v) is 35.2. The number of rotatable bonds is 26. The highest BCUT2D eigenvalue weighted by atomic mass is 35.5. The molecule has 0 aromatic heterocycles. The Morgan fingerprint density at radius 3 is 1.10 bits per heavy atom. The lowest BCUT2D eigenvalue weighted by atomic mass is 10.1. The van der Waals surface area contributed by atoms with Crippen LogP contribution in [0.3, 0.4) is 0 Å². The molecule has 4 atom stereocenters. The minimum atomic E-state index is -3.04. The van der Waals surface area contributed by atoms with E-state index in [0.717, 1.165) is 55.3 Å². The third-order valence-corrected chi connectivity index (χ3v) is 25.9. The SMILES string of the molecule is COC(=O)c1cccc(COc2cccc(C3SC(c4ccc(F)cc4)=NN3C(=O)c3c(F)cc(F)cc3F)c2OC)c1.COc1cccc(C2SC(c3ccc(F)cc3)=NN2C(=O)c2c(F)cc(F)cc2F)c1OCC(N)=O.NC(=O)COc1ccccc1C1SC(c2ccc(Cl)cc2)=NN1C(=O)c1c(F)cc(F)cc1F.O=C(c1ccccc1F)N1N=C(c2ccc(Cl)cc2)SC1c1ccccc1OC(F)F. The fraction of sp³-hybridized carbons (Fsp3) is 0.110. The van der Waals surface area contributed by atoms with Crippen molar-refractivity contribution in [1.82, 2.24) is 20.0 Å². The van der Waals surface area contributed by atoms with Crippen LogP contribution in [-0.2, 0) is 20.9 Å². The van der Waals surface area contributed by atoms with Crippen molar-refractivity contribution in [2.24, 2.45) is 31.9 Å². The molecule has 13 aromatic rings. The first-order chi connectivity index (χ1) is 69.1. The maximum Gasteiger partial charge on any atom is 0.387 e. The van der Waals surface area contributed by atoms with Crippen molar-refractivity contribution < 1.29 is 128 Å². The summed E-state index contributed by atoms with van der Waals surface area (Å²) in [5.41, 5.74) is 11.7. The van der Waals surface area contributed by atoms with Gasteiger partial charge in [0.1, 0.15) is 146 Å². The number of hydrogen-bond acceptors (Lipinski definition) is 22. The molecule has 4 heterocycles. The van der Waals surface area contributed by atoms with Gasteiger partial charge in [-0.1, -0.05) is 179 Å². The summed E-state index contributed by atoms with van der Waals surface area (Å²) in [6.07, 6.45) is 0. The van der Waals surface area contributed by atoms with Crippen LogP contribution in [0.15, 0.2) is 287 Å². The zero-order chi connectivity index (χ0) is 103. The highest BCUT2D eigenvalue weighted by Gasteiger charge is 2.44. The van der Waals surface area contributed by atoms with E-state index in [2.05, 4.69) is 25.1 Å². The van der Waals surface area contributed by atoms with Crippen molar-refractivity contribution in [2.45, 2.75) is 34.7 Å². The highest BCUT2D eigenvalue weighted by molar-refractivity contribution is 8.15. The third-order valence-electron chi connectivity index (χ3n) is 20.6. The van der Waals surface area contributed by atoms with E-state index in [1.54, 1.807) is 140 Å². The zero-order valence-corrected chi connectivity index (χ0v) is 78.8. The number of alkyl halides is 2. The van der Waals surface area contributed by atoms with Crippen LogP contribution in [0.5, 0.6) is 34.5 Å². The normalized spacial score (nSPS) is 15.0. The molecule has 4 N–H and O–H groups in total. The standard InChI is InChI=1S/C31H22F4N2O5S.C24H17F4N3O4S.C23H15ClF3N3O3S.C22H14ClF3N2O2S/c1-40-27-22(7-4-8-25(27)42-16-17-5-3-6-19(13-17)31(39)41-2)30-37(29(38)26-23(34)14-21(33)15-24(26)35)36-28(43-30)18-9-11-20(32)12-10-18;1-34-18-4-2-3-15(21(18)35-11-19(29)32)24-31(23(33)20-16(27)9-14(26)10-17(20)28)30-22(36-24)12-5-7-13(25)8-6-12;24-13-7-5-12(6-8-13)21-29-30(22(32)20-16(26)9-14(25)10-17(20)27)23(34-21)15-3-1-2-4-18(15)33-11-19(28)31;23-14-11-9-13(10-12-14)19-27-28(20(29)15-5-1-3-7-17(15)24)21(31-19)16-6-2-4-8-18(16)30-22(25)26/h3-15,30H,16H2,1-2H3;2-10,24H,11H2,1H3,(H2,29,32);1-10,23H,11H2,(H2,28,31);1-12,21-22H. The van der Waals surface area contributed by atoms with Crippen LogP contribution in [0, 0.1) is 69.8 Å². The van der Waals surface area contributed by atoms with E-state index < -0.39 is 169 Å². The molecule has 0 saturated heterocycles. The fourth-order valence-corrected chi connectivity index (χ4v) is 19.1. The molecule has 0 radical (unpaired) electrons. The van der Waals surface area contributed by atoms with Gasteiger partial charge in [-0.15, -0.1) is 0 Å². The lowest BCUT2D eigenvalue weighted by Crippen LogP contribution is -2.28. The van der Waals surface area contributed by atoms with Crippen molar-refractivity contribution in [1.29, 1.82) is 0 Å². The van der Waals surface area contributed by atoms with E-state index in [1.165, 1.54) is 124 Å². The number of para-hydroxylation sites is 4. The van der Waals surface area contributed by atoms with E-state index in [1.807, 2.05) is 0 Å². The molecule has 0 bridgehead atoms.